The molecule has 2 aromatic rings. The number of aliphatic carboxylic acids is 1. The van der Waals surface area contributed by atoms with Gasteiger partial charge >= 0.3 is 5.97 Å². The van der Waals surface area contributed by atoms with E-state index in [0.29, 0.717) is 0 Å². The number of carboxylic acid groups (broad SMARTS) is 1. The molecule has 19 heavy (non-hydrogen) atoms. The molecule has 1 N–H and O–H groups in total. The van der Waals surface area contributed by atoms with Gasteiger partial charge in [-0.2, -0.15) is 0 Å². The van der Waals surface area contributed by atoms with Crippen LogP contribution in [0.2, 0.25) is 0 Å². The molecule has 0 saturated carbocycles. The van der Waals surface area contributed by atoms with Crippen molar-refractivity contribution in [2.75, 3.05) is 11.9 Å². The highest BCUT2D eigenvalue weighted by atomic mass is 16.4. The first-order chi connectivity index (χ1) is 9.08. The lowest BCUT2D eigenvalue weighted by Crippen LogP contribution is -2.11. The van der Waals surface area contributed by atoms with Crippen LogP contribution in [0.25, 0.3) is 0 Å². The van der Waals surface area contributed by atoms with Gasteiger partial charge in [0.1, 0.15) is 0 Å². The molecule has 2 rings (SSSR count). The van der Waals surface area contributed by atoms with E-state index in [1.807, 2.05) is 62.5 Å². The quantitative estimate of drug-likeness (QED) is 0.910. The van der Waals surface area contributed by atoms with E-state index in [1.54, 1.807) is 0 Å². The highest BCUT2D eigenvalue weighted by Crippen LogP contribution is 2.27. The highest BCUT2D eigenvalue weighted by Gasteiger charge is 2.08. The molecule has 0 amide bonds. The zero-order valence-corrected chi connectivity index (χ0v) is 11.1. The fourth-order valence-electron chi connectivity index (χ4n) is 2.17. The van der Waals surface area contributed by atoms with Crippen molar-refractivity contribution in [2.45, 2.75) is 13.3 Å². The summed E-state index contributed by atoms with van der Waals surface area (Å²) in [6.07, 6.45) is 0.0656. The van der Waals surface area contributed by atoms with Crippen LogP contribution in [0.5, 0.6) is 0 Å². The molecule has 0 unspecified atom stereocenters. The number of carboxylic acids is 1. The zero-order chi connectivity index (χ0) is 13.8. The van der Waals surface area contributed by atoms with Crippen molar-refractivity contribution in [1.82, 2.24) is 0 Å². The van der Waals surface area contributed by atoms with Gasteiger partial charge in [-0.1, -0.05) is 30.3 Å². The summed E-state index contributed by atoms with van der Waals surface area (Å²) in [7, 11) is 2.01. The van der Waals surface area contributed by atoms with Crippen molar-refractivity contribution in [2.24, 2.45) is 0 Å². The average Bonchev–Trinajstić information content (AvgIpc) is 2.38. The first-order valence-corrected chi connectivity index (χ1v) is 6.18. The lowest BCUT2D eigenvalue weighted by Gasteiger charge is -2.22. The Hall–Kier alpha value is -2.29. The van der Waals surface area contributed by atoms with E-state index >= 15 is 0 Å². The normalized spacial score (nSPS) is 10.2. The van der Waals surface area contributed by atoms with Crippen LogP contribution in [0, 0.1) is 6.92 Å². The Morgan fingerprint density at radius 3 is 2.42 bits per heavy atom. The lowest BCUT2D eigenvalue weighted by molar-refractivity contribution is -0.136. The molecular weight excluding hydrogens is 238 g/mol. The van der Waals surface area contributed by atoms with E-state index in [-0.39, 0.29) is 6.42 Å². The molecule has 0 aliphatic carbocycles. The van der Waals surface area contributed by atoms with Gasteiger partial charge < -0.3 is 10.0 Å². The summed E-state index contributed by atoms with van der Waals surface area (Å²) in [4.78, 5) is 12.8. The minimum Gasteiger partial charge on any atom is -0.481 e. The third kappa shape index (κ3) is 3.13. The number of benzene rings is 2. The Morgan fingerprint density at radius 2 is 1.84 bits per heavy atom. The predicted octanol–water partition coefficient (Wildman–Crippen LogP) is 3.39. The molecule has 0 atom stereocenters. The molecule has 0 heterocycles. The van der Waals surface area contributed by atoms with Crippen molar-refractivity contribution in [1.29, 1.82) is 0 Å². The molecule has 0 radical (unpaired) electrons. The number of rotatable bonds is 4. The van der Waals surface area contributed by atoms with E-state index in [9.17, 15) is 4.79 Å². The second kappa shape index (κ2) is 5.57. The van der Waals surface area contributed by atoms with Crippen LogP contribution in [-0.4, -0.2) is 18.1 Å². The number of para-hydroxylation sites is 1. The van der Waals surface area contributed by atoms with Crippen LogP contribution >= 0.6 is 0 Å². The maximum atomic E-state index is 10.7. The molecule has 98 valence electrons. The van der Waals surface area contributed by atoms with Gasteiger partial charge in [0.05, 0.1) is 6.42 Å². The van der Waals surface area contributed by atoms with E-state index in [2.05, 4.69) is 4.90 Å². The minimum atomic E-state index is -0.802. The molecule has 0 aliphatic heterocycles. The Kier molecular flexibility index (Phi) is 3.85. The molecule has 0 saturated heterocycles. The SMILES string of the molecule is Cc1cc(CC(=O)O)ccc1N(C)c1ccccc1. The third-order valence-electron chi connectivity index (χ3n) is 3.12. The summed E-state index contributed by atoms with van der Waals surface area (Å²) in [6.45, 7) is 2.00. The molecule has 3 heteroatoms. The van der Waals surface area contributed by atoms with Gasteiger partial charge in [0.25, 0.3) is 0 Å². The van der Waals surface area contributed by atoms with Gasteiger partial charge in [-0.25, -0.2) is 0 Å². The van der Waals surface area contributed by atoms with E-state index in [4.69, 9.17) is 5.11 Å². The Balaban J connectivity index is 2.28. The van der Waals surface area contributed by atoms with Gasteiger partial charge in [-0.15, -0.1) is 0 Å². The zero-order valence-electron chi connectivity index (χ0n) is 11.1. The van der Waals surface area contributed by atoms with E-state index in [0.717, 1.165) is 22.5 Å². The van der Waals surface area contributed by atoms with E-state index in [1.165, 1.54) is 0 Å². The summed E-state index contributed by atoms with van der Waals surface area (Å²) >= 11 is 0. The summed E-state index contributed by atoms with van der Waals surface area (Å²) in [6, 6.07) is 15.9. The summed E-state index contributed by atoms with van der Waals surface area (Å²) in [5.74, 6) is -0.802. The van der Waals surface area contributed by atoms with Crippen molar-refractivity contribution < 1.29 is 9.90 Å². The Morgan fingerprint density at radius 1 is 1.16 bits per heavy atom. The molecule has 0 aromatic heterocycles. The van der Waals surface area contributed by atoms with Crippen LogP contribution in [0.3, 0.4) is 0 Å². The lowest BCUT2D eigenvalue weighted by atomic mass is 10.1. The number of anilines is 2. The smallest absolute Gasteiger partial charge is 0.307 e. The molecule has 0 spiro atoms. The molecule has 0 fully saturated rings. The topological polar surface area (TPSA) is 40.5 Å². The van der Waals surface area contributed by atoms with Gasteiger partial charge in [0, 0.05) is 18.4 Å². The van der Waals surface area contributed by atoms with Gasteiger partial charge in [0.15, 0.2) is 0 Å². The van der Waals surface area contributed by atoms with Crippen LogP contribution in [0.4, 0.5) is 11.4 Å². The maximum Gasteiger partial charge on any atom is 0.307 e. The molecular formula is C16H17NO2. The fourth-order valence-corrected chi connectivity index (χ4v) is 2.17. The first kappa shape index (κ1) is 13.1. The Bertz CT molecular complexity index is 579. The predicted molar refractivity (Wildman–Crippen MR) is 77.0 cm³/mol. The maximum absolute atomic E-state index is 10.7. The number of hydrogen-bond donors (Lipinski definition) is 1. The summed E-state index contributed by atoms with van der Waals surface area (Å²) < 4.78 is 0. The average molecular weight is 255 g/mol. The minimum absolute atomic E-state index is 0.0656. The highest BCUT2D eigenvalue weighted by molar-refractivity contribution is 5.72. The van der Waals surface area contributed by atoms with E-state index < -0.39 is 5.97 Å². The fraction of sp³-hybridized carbons (Fsp3) is 0.188. The number of nitrogens with zero attached hydrogens (tertiary/aromatic N) is 1. The summed E-state index contributed by atoms with van der Waals surface area (Å²) in [5, 5.41) is 8.80. The van der Waals surface area contributed by atoms with Crippen molar-refractivity contribution in [3.8, 4) is 0 Å². The van der Waals surface area contributed by atoms with Crippen LogP contribution in [0.1, 0.15) is 11.1 Å². The molecule has 2 aromatic carbocycles. The van der Waals surface area contributed by atoms with Crippen molar-refractivity contribution in [3.05, 3.63) is 59.7 Å². The molecule has 3 nitrogen and oxygen atoms in total. The first-order valence-electron chi connectivity index (χ1n) is 6.18. The Labute approximate surface area is 113 Å². The van der Waals surface area contributed by atoms with Crippen LogP contribution in [0.15, 0.2) is 48.5 Å². The summed E-state index contributed by atoms with van der Waals surface area (Å²) in [5.41, 5.74) is 4.09. The number of aryl methyl sites for hydroxylation is 1. The third-order valence-corrected chi connectivity index (χ3v) is 3.12. The second-order valence-electron chi connectivity index (χ2n) is 4.59. The number of hydrogen-bond acceptors (Lipinski definition) is 2. The molecule has 0 aliphatic rings. The second-order valence-corrected chi connectivity index (χ2v) is 4.59. The molecule has 0 bridgehead atoms. The van der Waals surface area contributed by atoms with Crippen molar-refractivity contribution in [3.63, 3.8) is 0 Å². The number of carbonyl (C=O) groups is 1. The van der Waals surface area contributed by atoms with Crippen LogP contribution in [-0.2, 0) is 11.2 Å². The largest absolute Gasteiger partial charge is 0.481 e. The van der Waals surface area contributed by atoms with Gasteiger partial charge in [0.2, 0.25) is 0 Å². The van der Waals surface area contributed by atoms with Crippen molar-refractivity contribution >= 4 is 17.3 Å². The van der Waals surface area contributed by atoms with Gasteiger partial charge in [-0.05, 0) is 36.2 Å². The monoisotopic (exact) mass is 255 g/mol. The van der Waals surface area contributed by atoms with Crippen LogP contribution < -0.4 is 4.90 Å². The standard InChI is InChI=1S/C16H17NO2/c1-12-10-13(11-16(18)19)8-9-15(12)17(2)14-6-4-3-5-7-14/h3-10H,11H2,1-2H3,(H,18,19). The van der Waals surface area contributed by atoms with Gasteiger partial charge in [-0.3, -0.25) is 4.79 Å².